The topological polar surface area (TPSA) is 46.3 Å². The van der Waals surface area contributed by atoms with E-state index < -0.39 is 0 Å². The van der Waals surface area contributed by atoms with Crippen LogP contribution in [0.25, 0.3) is 0 Å². The number of nitrogens with two attached hydrogens (primary N) is 1. The highest BCUT2D eigenvalue weighted by Crippen LogP contribution is 2.21. The number of amides is 2. The Balaban J connectivity index is 2.38. The molecule has 1 saturated carbocycles. The van der Waals surface area contributed by atoms with Gasteiger partial charge >= 0.3 is 6.03 Å². The highest BCUT2D eigenvalue weighted by atomic mass is 16.2. The Morgan fingerprint density at radius 3 is 2.36 bits per heavy atom. The summed E-state index contributed by atoms with van der Waals surface area (Å²) in [5.41, 5.74) is 5.15. The van der Waals surface area contributed by atoms with Crippen LogP contribution in [-0.2, 0) is 0 Å². The highest BCUT2D eigenvalue weighted by Gasteiger charge is 2.19. The van der Waals surface area contributed by atoms with Gasteiger partial charge in [0.15, 0.2) is 0 Å². The van der Waals surface area contributed by atoms with E-state index in [-0.39, 0.29) is 6.03 Å². The van der Waals surface area contributed by atoms with Crippen LogP contribution < -0.4 is 5.73 Å². The monoisotopic (exact) mass is 156 g/mol. The van der Waals surface area contributed by atoms with Crippen molar-refractivity contribution < 1.29 is 4.79 Å². The number of carbonyl (C=O) groups is 1. The van der Waals surface area contributed by atoms with E-state index in [4.69, 9.17) is 5.73 Å². The molecule has 0 spiro atoms. The van der Waals surface area contributed by atoms with E-state index in [0.29, 0.717) is 6.04 Å². The number of urea groups is 1. The molecular formula is C8H16N2O. The second kappa shape index (κ2) is 3.60. The maximum Gasteiger partial charge on any atom is 0.314 e. The normalized spacial score (nSPS) is 19.7. The third kappa shape index (κ3) is 2.10. The van der Waals surface area contributed by atoms with Gasteiger partial charge in [0.2, 0.25) is 0 Å². The molecule has 0 atom stereocenters. The Labute approximate surface area is 67.5 Å². The predicted molar refractivity (Wildman–Crippen MR) is 44.2 cm³/mol. The second-order valence-electron chi connectivity index (χ2n) is 3.24. The molecule has 64 valence electrons. The van der Waals surface area contributed by atoms with E-state index in [0.717, 1.165) is 12.8 Å². The van der Waals surface area contributed by atoms with Gasteiger partial charge in [-0.05, 0) is 12.8 Å². The number of primary amides is 1. The minimum atomic E-state index is -0.295. The molecule has 0 aromatic rings. The van der Waals surface area contributed by atoms with Crippen molar-refractivity contribution in [2.24, 2.45) is 5.73 Å². The highest BCUT2D eigenvalue weighted by molar-refractivity contribution is 5.71. The van der Waals surface area contributed by atoms with Crippen molar-refractivity contribution in [1.82, 2.24) is 4.90 Å². The quantitative estimate of drug-likeness (QED) is 0.611. The van der Waals surface area contributed by atoms with Crippen molar-refractivity contribution in [1.29, 1.82) is 0 Å². The molecule has 11 heavy (non-hydrogen) atoms. The molecule has 1 aliphatic rings. The first-order valence-electron chi connectivity index (χ1n) is 4.24. The van der Waals surface area contributed by atoms with Crippen molar-refractivity contribution in [3.8, 4) is 0 Å². The molecule has 0 bridgehead atoms. The van der Waals surface area contributed by atoms with Crippen LogP contribution in [0.1, 0.15) is 32.1 Å². The molecule has 3 heteroatoms. The van der Waals surface area contributed by atoms with E-state index in [1.165, 1.54) is 19.3 Å². The lowest BCUT2D eigenvalue weighted by atomic mass is 9.95. The van der Waals surface area contributed by atoms with Crippen LogP contribution in [0.5, 0.6) is 0 Å². The first-order chi connectivity index (χ1) is 5.22. The number of carbonyl (C=O) groups excluding carboxylic acids is 1. The maximum absolute atomic E-state index is 10.7. The van der Waals surface area contributed by atoms with Crippen molar-refractivity contribution in [2.45, 2.75) is 38.1 Å². The van der Waals surface area contributed by atoms with Crippen LogP contribution in [0.15, 0.2) is 0 Å². The summed E-state index contributed by atoms with van der Waals surface area (Å²) in [4.78, 5) is 12.4. The van der Waals surface area contributed by atoms with Crippen LogP contribution >= 0.6 is 0 Å². The van der Waals surface area contributed by atoms with Crippen LogP contribution in [0.4, 0.5) is 4.79 Å². The average Bonchev–Trinajstić information content (AvgIpc) is 2.05. The van der Waals surface area contributed by atoms with Gasteiger partial charge in [0, 0.05) is 13.1 Å². The summed E-state index contributed by atoms with van der Waals surface area (Å²) in [5.74, 6) is 0. The van der Waals surface area contributed by atoms with Gasteiger partial charge in [-0.3, -0.25) is 0 Å². The summed E-state index contributed by atoms with van der Waals surface area (Å²) in [7, 11) is 1.79. The summed E-state index contributed by atoms with van der Waals surface area (Å²) < 4.78 is 0. The van der Waals surface area contributed by atoms with Crippen molar-refractivity contribution in [3.05, 3.63) is 0 Å². The molecular weight excluding hydrogens is 140 g/mol. The van der Waals surface area contributed by atoms with Gasteiger partial charge in [-0.1, -0.05) is 19.3 Å². The van der Waals surface area contributed by atoms with Gasteiger partial charge in [-0.25, -0.2) is 4.79 Å². The summed E-state index contributed by atoms with van der Waals surface area (Å²) >= 11 is 0. The zero-order valence-corrected chi connectivity index (χ0v) is 7.05. The van der Waals surface area contributed by atoms with E-state index in [2.05, 4.69) is 0 Å². The molecule has 0 saturated heterocycles. The molecule has 0 radical (unpaired) electrons. The molecule has 0 aromatic heterocycles. The summed E-state index contributed by atoms with van der Waals surface area (Å²) in [6, 6.07) is 0.109. The largest absolute Gasteiger partial charge is 0.351 e. The van der Waals surface area contributed by atoms with Crippen LogP contribution in [0.2, 0.25) is 0 Å². The number of rotatable bonds is 1. The molecule has 0 unspecified atom stereocenters. The van der Waals surface area contributed by atoms with Gasteiger partial charge in [0.1, 0.15) is 0 Å². The van der Waals surface area contributed by atoms with Crippen molar-refractivity contribution in [3.63, 3.8) is 0 Å². The van der Waals surface area contributed by atoms with E-state index in [1.54, 1.807) is 11.9 Å². The van der Waals surface area contributed by atoms with Gasteiger partial charge in [-0.15, -0.1) is 0 Å². The third-order valence-electron chi connectivity index (χ3n) is 2.47. The second-order valence-corrected chi connectivity index (χ2v) is 3.24. The molecule has 1 rings (SSSR count). The van der Waals surface area contributed by atoms with E-state index in [9.17, 15) is 4.79 Å². The molecule has 2 amide bonds. The maximum atomic E-state index is 10.7. The Kier molecular flexibility index (Phi) is 2.74. The lowest BCUT2D eigenvalue weighted by Crippen LogP contribution is -2.41. The Morgan fingerprint density at radius 1 is 1.36 bits per heavy atom. The van der Waals surface area contributed by atoms with Crippen LogP contribution in [0, 0.1) is 0 Å². The molecule has 1 aliphatic carbocycles. The zero-order valence-electron chi connectivity index (χ0n) is 7.05. The number of hydrogen-bond acceptors (Lipinski definition) is 1. The predicted octanol–water partition coefficient (Wildman–Crippen LogP) is 1.33. The number of hydrogen-bond donors (Lipinski definition) is 1. The Hall–Kier alpha value is -0.730. The molecule has 3 nitrogen and oxygen atoms in total. The molecule has 1 fully saturated rings. The van der Waals surface area contributed by atoms with Gasteiger partial charge in [0.25, 0.3) is 0 Å². The van der Waals surface area contributed by atoms with Gasteiger partial charge in [0.05, 0.1) is 0 Å². The summed E-state index contributed by atoms with van der Waals surface area (Å²) in [5, 5.41) is 0. The van der Waals surface area contributed by atoms with Crippen molar-refractivity contribution in [2.75, 3.05) is 7.05 Å². The first kappa shape index (κ1) is 8.37. The minimum absolute atomic E-state index is 0.295. The Morgan fingerprint density at radius 2 is 1.91 bits per heavy atom. The molecule has 0 aromatic carbocycles. The van der Waals surface area contributed by atoms with Crippen molar-refractivity contribution >= 4 is 6.03 Å². The smallest absolute Gasteiger partial charge is 0.314 e. The lowest BCUT2D eigenvalue weighted by molar-refractivity contribution is 0.182. The lowest BCUT2D eigenvalue weighted by Gasteiger charge is -2.29. The fourth-order valence-electron chi connectivity index (χ4n) is 1.65. The SMILES string of the molecule is CN(C(N)=O)C1CCCCC1. The standard InChI is InChI=1S/C8H16N2O/c1-10(8(9)11)7-5-3-2-4-6-7/h7H,2-6H2,1H3,(H2,9,11). The fourth-order valence-corrected chi connectivity index (χ4v) is 1.65. The van der Waals surface area contributed by atoms with E-state index in [1.807, 2.05) is 0 Å². The minimum Gasteiger partial charge on any atom is -0.351 e. The fraction of sp³-hybridized carbons (Fsp3) is 0.875. The first-order valence-corrected chi connectivity index (χ1v) is 4.24. The van der Waals surface area contributed by atoms with Gasteiger partial charge < -0.3 is 10.6 Å². The molecule has 0 heterocycles. The average molecular weight is 156 g/mol. The third-order valence-corrected chi connectivity index (χ3v) is 2.47. The van der Waals surface area contributed by atoms with Crippen LogP contribution in [0.3, 0.4) is 0 Å². The van der Waals surface area contributed by atoms with Gasteiger partial charge in [-0.2, -0.15) is 0 Å². The van der Waals surface area contributed by atoms with E-state index >= 15 is 0 Å². The number of nitrogens with zero attached hydrogens (tertiary/aromatic N) is 1. The molecule has 0 aliphatic heterocycles. The Bertz CT molecular complexity index is 141. The zero-order chi connectivity index (χ0) is 8.27. The summed E-state index contributed by atoms with van der Waals surface area (Å²) in [6.45, 7) is 0. The van der Waals surface area contributed by atoms with Crippen LogP contribution in [-0.4, -0.2) is 24.0 Å². The summed E-state index contributed by atoms with van der Waals surface area (Å²) in [6.07, 6.45) is 6.03. The molecule has 2 N–H and O–H groups in total.